The number of carbonyl (C=O) groups excluding carboxylic acids is 1. The van der Waals surface area contributed by atoms with E-state index in [1.54, 1.807) is 6.20 Å². The van der Waals surface area contributed by atoms with E-state index in [4.69, 9.17) is 0 Å². The number of piperidine rings is 1. The molecule has 0 radical (unpaired) electrons. The number of amides is 1. The Morgan fingerprint density at radius 2 is 2.12 bits per heavy atom. The molecular formula is C11H18ClN3O. The molecule has 0 aliphatic carbocycles. The molecule has 1 aliphatic rings. The van der Waals surface area contributed by atoms with Gasteiger partial charge in [0.05, 0.1) is 5.56 Å². The zero-order valence-corrected chi connectivity index (χ0v) is 10.2. The molecule has 1 aromatic heterocycles. The van der Waals surface area contributed by atoms with Crippen LogP contribution in [0.25, 0.3) is 0 Å². The summed E-state index contributed by atoms with van der Waals surface area (Å²) >= 11 is 0. The Balaban J connectivity index is 0.00000128. The summed E-state index contributed by atoms with van der Waals surface area (Å²) in [6.45, 7) is 3.91. The van der Waals surface area contributed by atoms with Crippen LogP contribution in [-0.4, -0.2) is 30.0 Å². The van der Waals surface area contributed by atoms with E-state index in [1.807, 2.05) is 13.0 Å². The van der Waals surface area contributed by atoms with Crippen molar-refractivity contribution in [2.24, 2.45) is 0 Å². The van der Waals surface area contributed by atoms with Gasteiger partial charge < -0.3 is 15.6 Å². The van der Waals surface area contributed by atoms with Gasteiger partial charge in [0.1, 0.15) is 0 Å². The Kier molecular flexibility index (Phi) is 4.83. The molecule has 1 saturated heterocycles. The quantitative estimate of drug-likeness (QED) is 0.732. The van der Waals surface area contributed by atoms with Gasteiger partial charge in [-0.05, 0) is 38.9 Å². The van der Waals surface area contributed by atoms with Gasteiger partial charge >= 0.3 is 0 Å². The van der Waals surface area contributed by atoms with Crippen molar-refractivity contribution in [1.82, 2.24) is 15.6 Å². The largest absolute Gasteiger partial charge is 0.365 e. The number of carbonyl (C=O) groups is 1. The first-order valence-electron chi connectivity index (χ1n) is 5.43. The van der Waals surface area contributed by atoms with Gasteiger partial charge in [0.25, 0.3) is 5.91 Å². The maximum Gasteiger partial charge on any atom is 0.253 e. The highest BCUT2D eigenvalue weighted by atomic mass is 35.5. The molecule has 90 valence electrons. The minimum absolute atomic E-state index is 0. The first-order valence-corrected chi connectivity index (χ1v) is 5.43. The molecule has 1 fully saturated rings. The SMILES string of the molecule is Cc1[nH]ccc1C(=O)NC1CCNCC1.Cl. The summed E-state index contributed by atoms with van der Waals surface area (Å²) < 4.78 is 0. The van der Waals surface area contributed by atoms with Crippen molar-refractivity contribution in [2.45, 2.75) is 25.8 Å². The van der Waals surface area contributed by atoms with Crippen LogP contribution in [0.4, 0.5) is 0 Å². The summed E-state index contributed by atoms with van der Waals surface area (Å²) in [4.78, 5) is 14.9. The fourth-order valence-corrected chi connectivity index (χ4v) is 1.93. The monoisotopic (exact) mass is 243 g/mol. The number of H-pyrrole nitrogens is 1. The molecule has 4 nitrogen and oxygen atoms in total. The molecule has 0 atom stereocenters. The van der Waals surface area contributed by atoms with Crippen molar-refractivity contribution >= 4 is 18.3 Å². The lowest BCUT2D eigenvalue weighted by atomic mass is 10.1. The molecule has 0 spiro atoms. The molecule has 2 rings (SSSR count). The summed E-state index contributed by atoms with van der Waals surface area (Å²) in [6, 6.07) is 2.15. The van der Waals surface area contributed by atoms with Crippen LogP contribution in [0.2, 0.25) is 0 Å². The number of aryl methyl sites for hydroxylation is 1. The lowest BCUT2D eigenvalue weighted by Crippen LogP contribution is -2.42. The Hall–Kier alpha value is -1.00. The number of hydrogen-bond donors (Lipinski definition) is 3. The van der Waals surface area contributed by atoms with E-state index in [0.29, 0.717) is 6.04 Å². The van der Waals surface area contributed by atoms with Gasteiger partial charge in [0.15, 0.2) is 0 Å². The highest BCUT2D eigenvalue weighted by Gasteiger charge is 2.17. The Morgan fingerprint density at radius 1 is 1.44 bits per heavy atom. The summed E-state index contributed by atoms with van der Waals surface area (Å²) in [5, 5.41) is 6.34. The summed E-state index contributed by atoms with van der Waals surface area (Å²) in [7, 11) is 0. The van der Waals surface area contributed by atoms with Crippen molar-refractivity contribution in [3.8, 4) is 0 Å². The van der Waals surface area contributed by atoms with E-state index in [0.717, 1.165) is 37.2 Å². The van der Waals surface area contributed by atoms with Crippen LogP contribution < -0.4 is 10.6 Å². The number of rotatable bonds is 2. The van der Waals surface area contributed by atoms with Gasteiger partial charge in [-0.25, -0.2) is 0 Å². The van der Waals surface area contributed by atoms with Crippen LogP contribution in [0.1, 0.15) is 28.9 Å². The highest BCUT2D eigenvalue weighted by Crippen LogP contribution is 2.07. The smallest absolute Gasteiger partial charge is 0.253 e. The fraction of sp³-hybridized carbons (Fsp3) is 0.545. The Morgan fingerprint density at radius 3 is 2.69 bits per heavy atom. The Bertz CT molecular complexity index is 345. The first kappa shape index (κ1) is 13.1. The molecular weight excluding hydrogens is 226 g/mol. The number of nitrogens with one attached hydrogen (secondary N) is 3. The van der Waals surface area contributed by atoms with Crippen LogP contribution in [0.5, 0.6) is 0 Å². The zero-order valence-electron chi connectivity index (χ0n) is 9.38. The van der Waals surface area contributed by atoms with Crippen molar-refractivity contribution in [3.63, 3.8) is 0 Å². The van der Waals surface area contributed by atoms with E-state index in [-0.39, 0.29) is 18.3 Å². The van der Waals surface area contributed by atoms with Crippen LogP contribution in [0.15, 0.2) is 12.3 Å². The normalized spacial score (nSPS) is 16.6. The molecule has 5 heteroatoms. The second kappa shape index (κ2) is 5.92. The van der Waals surface area contributed by atoms with Crippen LogP contribution in [0, 0.1) is 6.92 Å². The van der Waals surface area contributed by atoms with Crippen molar-refractivity contribution in [3.05, 3.63) is 23.5 Å². The molecule has 3 N–H and O–H groups in total. The molecule has 0 unspecified atom stereocenters. The van der Waals surface area contributed by atoms with Crippen molar-refractivity contribution in [1.29, 1.82) is 0 Å². The third-order valence-electron chi connectivity index (χ3n) is 2.87. The van der Waals surface area contributed by atoms with Crippen LogP contribution in [-0.2, 0) is 0 Å². The molecule has 2 heterocycles. The van der Waals surface area contributed by atoms with Gasteiger partial charge in [-0.1, -0.05) is 0 Å². The van der Waals surface area contributed by atoms with E-state index >= 15 is 0 Å². The Labute approximate surface area is 102 Å². The first-order chi connectivity index (χ1) is 7.27. The molecule has 16 heavy (non-hydrogen) atoms. The van der Waals surface area contributed by atoms with Gasteiger partial charge in [0, 0.05) is 17.9 Å². The number of aromatic nitrogens is 1. The third-order valence-corrected chi connectivity index (χ3v) is 2.87. The van der Waals surface area contributed by atoms with Gasteiger partial charge in [-0.3, -0.25) is 4.79 Å². The second-order valence-corrected chi connectivity index (χ2v) is 4.01. The van der Waals surface area contributed by atoms with Crippen molar-refractivity contribution < 1.29 is 4.79 Å². The lowest BCUT2D eigenvalue weighted by Gasteiger charge is -2.23. The molecule has 0 aromatic carbocycles. The van der Waals surface area contributed by atoms with E-state index in [9.17, 15) is 4.79 Å². The summed E-state index contributed by atoms with van der Waals surface area (Å²) in [6.07, 6.45) is 3.84. The fourth-order valence-electron chi connectivity index (χ4n) is 1.93. The zero-order chi connectivity index (χ0) is 10.7. The number of hydrogen-bond acceptors (Lipinski definition) is 2. The third kappa shape index (κ3) is 3.00. The summed E-state index contributed by atoms with van der Waals surface area (Å²) in [5.74, 6) is 0.0423. The summed E-state index contributed by atoms with van der Waals surface area (Å²) in [5.41, 5.74) is 1.69. The average Bonchev–Trinajstić information content (AvgIpc) is 2.66. The predicted octanol–water partition coefficient (Wildman–Crippen LogP) is 1.23. The number of aromatic amines is 1. The van der Waals surface area contributed by atoms with E-state index < -0.39 is 0 Å². The van der Waals surface area contributed by atoms with Crippen molar-refractivity contribution in [2.75, 3.05) is 13.1 Å². The van der Waals surface area contributed by atoms with Gasteiger partial charge in [-0.15, -0.1) is 12.4 Å². The van der Waals surface area contributed by atoms with E-state index in [2.05, 4.69) is 15.6 Å². The standard InChI is InChI=1S/C11H17N3O.ClH/c1-8-10(4-7-13-8)11(15)14-9-2-5-12-6-3-9;/h4,7,9,12-13H,2-3,5-6H2,1H3,(H,14,15);1H. The van der Waals surface area contributed by atoms with Gasteiger partial charge in [-0.2, -0.15) is 0 Å². The molecule has 0 bridgehead atoms. The lowest BCUT2D eigenvalue weighted by molar-refractivity contribution is 0.0929. The maximum absolute atomic E-state index is 11.8. The topological polar surface area (TPSA) is 56.9 Å². The van der Waals surface area contributed by atoms with Gasteiger partial charge in [0.2, 0.25) is 0 Å². The minimum atomic E-state index is 0. The highest BCUT2D eigenvalue weighted by molar-refractivity contribution is 5.95. The molecule has 0 saturated carbocycles. The predicted molar refractivity (Wildman–Crippen MR) is 66.1 cm³/mol. The molecule has 1 aromatic rings. The van der Waals surface area contributed by atoms with Crippen LogP contribution >= 0.6 is 12.4 Å². The molecule has 1 aliphatic heterocycles. The molecule has 1 amide bonds. The maximum atomic E-state index is 11.8. The number of halogens is 1. The minimum Gasteiger partial charge on any atom is -0.365 e. The second-order valence-electron chi connectivity index (χ2n) is 4.01. The average molecular weight is 244 g/mol. The van der Waals surface area contributed by atoms with E-state index in [1.165, 1.54) is 0 Å². The van der Waals surface area contributed by atoms with Crippen LogP contribution in [0.3, 0.4) is 0 Å².